The largest absolute Gasteiger partial charge is 0.367 e. The van der Waals surface area contributed by atoms with E-state index in [1.165, 1.54) is 12.8 Å². The maximum absolute atomic E-state index is 5.60. The second kappa shape index (κ2) is 2.97. The molecule has 1 heterocycles. The van der Waals surface area contributed by atoms with Crippen molar-refractivity contribution >= 4 is 5.95 Å². The standard InChI is InChI=1S/C8H15N5/c1-5(2)3-6-4-7(6)13-8(9)10-11-12-13/h5-7H,3-4H2,1-2H3,(H2,9,10,12). The molecule has 0 radical (unpaired) electrons. The number of rotatable bonds is 3. The lowest BCUT2D eigenvalue weighted by Gasteiger charge is -2.03. The van der Waals surface area contributed by atoms with Gasteiger partial charge in [0.05, 0.1) is 6.04 Å². The third kappa shape index (κ3) is 1.64. The van der Waals surface area contributed by atoms with Gasteiger partial charge in [0.1, 0.15) is 0 Å². The average Bonchev–Trinajstić information content (AvgIpc) is 2.63. The van der Waals surface area contributed by atoms with E-state index in [2.05, 4.69) is 29.4 Å². The van der Waals surface area contributed by atoms with E-state index in [0.717, 1.165) is 11.8 Å². The smallest absolute Gasteiger partial charge is 0.240 e. The predicted molar refractivity (Wildman–Crippen MR) is 48.8 cm³/mol. The van der Waals surface area contributed by atoms with Crippen LogP contribution in [0.3, 0.4) is 0 Å². The van der Waals surface area contributed by atoms with Crippen molar-refractivity contribution in [3.05, 3.63) is 0 Å². The fourth-order valence-corrected chi connectivity index (χ4v) is 1.83. The zero-order chi connectivity index (χ0) is 9.42. The van der Waals surface area contributed by atoms with Crippen LogP contribution in [0.1, 0.15) is 32.7 Å². The van der Waals surface area contributed by atoms with Gasteiger partial charge in [-0.15, -0.1) is 0 Å². The maximum atomic E-state index is 5.60. The highest BCUT2D eigenvalue weighted by atomic mass is 15.6. The quantitative estimate of drug-likeness (QED) is 0.751. The van der Waals surface area contributed by atoms with Crippen LogP contribution < -0.4 is 5.73 Å². The highest BCUT2D eigenvalue weighted by molar-refractivity contribution is 5.14. The van der Waals surface area contributed by atoms with Crippen LogP contribution in [0.5, 0.6) is 0 Å². The normalized spacial score (nSPS) is 26.7. The monoisotopic (exact) mass is 181 g/mol. The summed E-state index contributed by atoms with van der Waals surface area (Å²) in [5, 5.41) is 11.1. The second-order valence-corrected chi connectivity index (χ2v) is 4.17. The first kappa shape index (κ1) is 8.47. The molecule has 2 atom stereocenters. The molecule has 1 saturated carbocycles. The lowest BCUT2D eigenvalue weighted by atomic mass is 10.1. The van der Waals surface area contributed by atoms with Crippen LogP contribution in [-0.4, -0.2) is 20.2 Å². The van der Waals surface area contributed by atoms with E-state index in [1.54, 1.807) is 4.68 Å². The molecule has 1 aliphatic rings. The molecule has 72 valence electrons. The number of hydrogen-bond acceptors (Lipinski definition) is 4. The van der Waals surface area contributed by atoms with Crippen molar-refractivity contribution in [3.63, 3.8) is 0 Å². The minimum Gasteiger partial charge on any atom is -0.367 e. The lowest BCUT2D eigenvalue weighted by molar-refractivity contribution is 0.487. The summed E-state index contributed by atoms with van der Waals surface area (Å²) in [4.78, 5) is 0. The van der Waals surface area contributed by atoms with Crippen molar-refractivity contribution in [1.29, 1.82) is 0 Å². The Labute approximate surface area is 77.3 Å². The lowest BCUT2D eigenvalue weighted by Crippen LogP contribution is -2.05. The molecule has 5 heteroatoms. The molecule has 0 saturated heterocycles. The molecule has 1 fully saturated rings. The summed E-state index contributed by atoms with van der Waals surface area (Å²) in [6.45, 7) is 4.47. The Balaban J connectivity index is 1.96. The molecule has 0 amide bonds. The van der Waals surface area contributed by atoms with Gasteiger partial charge in [-0.25, -0.2) is 4.68 Å². The fourth-order valence-electron chi connectivity index (χ4n) is 1.83. The van der Waals surface area contributed by atoms with Crippen LogP contribution in [0, 0.1) is 11.8 Å². The summed E-state index contributed by atoms with van der Waals surface area (Å²) >= 11 is 0. The summed E-state index contributed by atoms with van der Waals surface area (Å²) in [7, 11) is 0. The van der Waals surface area contributed by atoms with Crippen LogP contribution in [-0.2, 0) is 0 Å². The van der Waals surface area contributed by atoms with E-state index in [0.29, 0.717) is 12.0 Å². The van der Waals surface area contributed by atoms with Gasteiger partial charge < -0.3 is 5.73 Å². The van der Waals surface area contributed by atoms with Gasteiger partial charge in [0.25, 0.3) is 0 Å². The Morgan fingerprint density at radius 2 is 2.38 bits per heavy atom. The van der Waals surface area contributed by atoms with Crippen LogP contribution in [0.2, 0.25) is 0 Å². The van der Waals surface area contributed by atoms with Crippen molar-refractivity contribution in [1.82, 2.24) is 20.2 Å². The number of nitrogens with two attached hydrogens (primary N) is 1. The molecule has 1 aromatic rings. The average molecular weight is 181 g/mol. The number of nitrogen functional groups attached to an aromatic ring is 1. The molecule has 13 heavy (non-hydrogen) atoms. The van der Waals surface area contributed by atoms with Crippen molar-refractivity contribution in [3.8, 4) is 0 Å². The number of tetrazole rings is 1. The molecular weight excluding hydrogens is 166 g/mol. The second-order valence-electron chi connectivity index (χ2n) is 4.17. The SMILES string of the molecule is CC(C)CC1CC1n1nnnc1N. The molecule has 0 bridgehead atoms. The zero-order valence-electron chi connectivity index (χ0n) is 8.01. The number of nitrogens with zero attached hydrogens (tertiary/aromatic N) is 4. The van der Waals surface area contributed by atoms with Crippen LogP contribution >= 0.6 is 0 Å². The summed E-state index contributed by atoms with van der Waals surface area (Å²) in [6.07, 6.45) is 2.41. The van der Waals surface area contributed by atoms with Gasteiger partial charge in [0, 0.05) is 0 Å². The Kier molecular flexibility index (Phi) is 1.94. The van der Waals surface area contributed by atoms with Crippen molar-refractivity contribution in [2.24, 2.45) is 11.8 Å². The summed E-state index contributed by atoms with van der Waals surface area (Å²) in [6, 6.07) is 0.456. The van der Waals surface area contributed by atoms with Gasteiger partial charge in [-0.1, -0.05) is 18.9 Å². The first-order valence-electron chi connectivity index (χ1n) is 4.72. The van der Waals surface area contributed by atoms with Crippen molar-refractivity contribution in [2.45, 2.75) is 32.7 Å². The van der Waals surface area contributed by atoms with Gasteiger partial charge in [0.2, 0.25) is 5.95 Å². The minimum atomic E-state index is 0.441. The van der Waals surface area contributed by atoms with E-state index < -0.39 is 0 Å². The van der Waals surface area contributed by atoms with Gasteiger partial charge >= 0.3 is 0 Å². The molecular formula is C8H15N5. The van der Waals surface area contributed by atoms with E-state index in [-0.39, 0.29) is 0 Å². The van der Waals surface area contributed by atoms with E-state index in [1.807, 2.05) is 0 Å². The molecule has 2 rings (SSSR count). The number of hydrogen-bond donors (Lipinski definition) is 1. The van der Waals surface area contributed by atoms with Crippen molar-refractivity contribution < 1.29 is 0 Å². The van der Waals surface area contributed by atoms with Gasteiger partial charge in [-0.3, -0.25) is 0 Å². The molecule has 2 unspecified atom stereocenters. The van der Waals surface area contributed by atoms with Gasteiger partial charge in [-0.2, -0.15) is 0 Å². The molecule has 5 nitrogen and oxygen atoms in total. The fraction of sp³-hybridized carbons (Fsp3) is 0.875. The molecule has 1 aliphatic carbocycles. The van der Waals surface area contributed by atoms with Crippen LogP contribution in [0.25, 0.3) is 0 Å². The molecule has 0 spiro atoms. The Morgan fingerprint density at radius 1 is 1.62 bits per heavy atom. The van der Waals surface area contributed by atoms with Crippen molar-refractivity contribution in [2.75, 3.05) is 5.73 Å². The van der Waals surface area contributed by atoms with E-state index >= 15 is 0 Å². The van der Waals surface area contributed by atoms with E-state index in [4.69, 9.17) is 5.73 Å². The highest BCUT2D eigenvalue weighted by Gasteiger charge is 2.40. The molecule has 0 aliphatic heterocycles. The predicted octanol–water partition coefficient (Wildman–Crippen LogP) is 0.862. The third-order valence-corrected chi connectivity index (χ3v) is 2.49. The van der Waals surface area contributed by atoms with Gasteiger partial charge in [-0.05, 0) is 35.1 Å². The zero-order valence-corrected chi connectivity index (χ0v) is 8.01. The Bertz CT molecular complexity index is 292. The minimum absolute atomic E-state index is 0.441. The molecule has 2 N–H and O–H groups in total. The molecule has 0 aromatic carbocycles. The topological polar surface area (TPSA) is 69.6 Å². The third-order valence-electron chi connectivity index (χ3n) is 2.49. The van der Waals surface area contributed by atoms with Crippen LogP contribution in [0.15, 0.2) is 0 Å². The number of aromatic nitrogens is 4. The van der Waals surface area contributed by atoms with Gasteiger partial charge in [0.15, 0.2) is 0 Å². The first-order valence-corrected chi connectivity index (χ1v) is 4.72. The number of anilines is 1. The van der Waals surface area contributed by atoms with E-state index in [9.17, 15) is 0 Å². The summed E-state index contributed by atoms with van der Waals surface area (Å²) in [5.74, 6) is 1.91. The highest BCUT2D eigenvalue weighted by Crippen LogP contribution is 2.47. The maximum Gasteiger partial charge on any atom is 0.240 e. The first-order chi connectivity index (χ1) is 6.18. The Morgan fingerprint density at radius 3 is 2.92 bits per heavy atom. The van der Waals surface area contributed by atoms with Crippen LogP contribution in [0.4, 0.5) is 5.95 Å². The summed E-state index contributed by atoms with van der Waals surface area (Å²) < 4.78 is 1.74. The Hall–Kier alpha value is -1.13. The molecule has 1 aromatic heterocycles. The summed E-state index contributed by atoms with van der Waals surface area (Å²) in [5.41, 5.74) is 5.60.